The lowest BCUT2D eigenvalue weighted by Gasteiger charge is -2.43. The fourth-order valence-corrected chi connectivity index (χ4v) is 2.71. The number of hydrogen-bond acceptors (Lipinski definition) is 3. The van der Waals surface area contributed by atoms with Gasteiger partial charge in [0.1, 0.15) is 5.75 Å². The Labute approximate surface area is 109 Å². The average molecular weight is 249 g/mol. The van der Waals surface area contributed by atoms with Crippen LogP contribution in [-0.2, 0) is 6.54 Å². The number of aliphatic hydroxyl groups is 1. The molecule has 18 heavy (non-hydrogen) atoms. The van der Waals surface area contributed by atoms with Gasteiger partial charge in [-0.05, 0) is 37.6 Å². The van der Waals surface area contributed by atoms with E-state index in [0.29, 0.717) is 6.61 Å². The van der Waals surface area contributed by atoms with Crippen molar-refractivity contribution in [2.75, 3.05) is 27.3 Å². The minimum absolute atomic E-state index is 0.168. The highest BCUT2D eigenvalue weighted by atomic mass is 16.5. The van der Waals surface area contributed by atoms with E-state index in [2.05, 4.69) is 24.1 Å². The van der Waals surface area contributed by atoms with Gasteiger partial charge in [0.15, 0.2) is 0 Å². The minimum Gasteiger partial charge on any atom is -0.497 e. The van der Waals surface area contributed by atoms with Gasteiger partial charge in [-0.1, -0.05) is 18.6 Å². The first kappa shape index (κ1) is 13.4. The molecule has 1 aliphatic carbocycles. The predicted molar refractivity (Wildman–Crippen MR) is 72.7 cm³/mol. The van der Waals surface area contributed by atoms with Gasteiger partial charge in [0.25, 0.3) is 0 Å². The summed E-state index contributed by atoms with van der Waals surface area (Å²) < 4.78 is 5.15. The van der Waals surface area contributed by atoms with Gasteiger partial charge in [-0.15, -0.1) is 0 Å². The second-order valence-corrected chi connectivity index (χ2v) is 5.53. The zero-order chi connectivity index (χ0) is 13.0. The molecule has 1 fully saturated rings. The summed E-state index contributed by atoms with van der Waals surface area (Å²) in [5.74, 6) is 0.896. The Morgan fingerprint density at radius 3 is 2.39 bits per heavy atom. The molecule has 0 aromatic heterocycles. The SMILES string of the molecule is COc1ccc(CN(C)CC2(CO)CCC2)cc1. The van der Waals surface area contributed by atoms with Crippen LogP contribution in [0.3, 0.4) is 0 Å². The molecule has 1 aliphatic rings. The fourth-order valence-electron chi connectivity index (χ4n) is 2.71. The van der Waals surface area contributed by atoms with Crippen LogP contribution in [0.5, 0.6) is 5.75 Å². The quantitative estimate of drug-likeness (QED) is 0.839. The van der Waals surface area contributed by atoms with Crippen LogP contribution in [-0.4, -0.2) is 37.3 Å². The van der Waals surface area contributed by atoms with Gasteiger partial charge in [-0.25, -0.2) is 0 Å². The van der Waals surface area contributed by atoms with Crippen molar-refractivity contribution < 1.29 is 9.84 Å². The van der Waals surface area contributed by atoms with Gasteiger partial charge in [-0.2, -0.15) is 0 Å². The van der Waals surface area contributed by atoms with Crippen molar-refractivity contribution in [1.29, 1.82) is 0 Å². The molecule has 1 aromatic carbocycles. The average Bonchev–Trinajstić information content (AvgIpc) is 2.35. The summed E-state index contributed by atoms with van der Waals surface area (Å²) in [5.41, 5.74) is 1.45. The first-order chi connectivity index (χ1) is 8.67. The van der Waals surface area contributed by atoms with E-state index in [0.717, 1.165) is 31.7 Å². The van der Waals surface area contributed by atoms with Gasteiger partial charge in [0, 0.05) is 25.1 Å². The minimum atomic E-state index is 0.168. The molecule has 3 heteroatoms. The molecule has 0 unspecified atom stereocenters. The van der Waals surface area contributed by atoms with E-state index in [9.17, 15) is 5.11 Å². The summed E-state index contributed by atoms with van der Waals surface area (Å²) in [5, 5.41) is 9.48. The molecule has 0 saturated heterocycles. The van der Waals surface area contributed by atoms with E-state index in [4.69, 9.17) is 4.74 Å². The van der Waals surface area contributed by atoms with Crippen LogP contribution in [0.4, 0.5) is 0 Å². The molecular weight excluding hydrogens is 226 g/mol. The van der Waals surface area contributed by atoms with Crippen LogP contribution in [0.15, 0.2) is 24.3 Å². The monoisotopic (exact) mass is 249 g/mol. The standard InChI is InChI=1S/C15H23NO2/c1-16(11-15(12-17)8-3-9-15)10-13-4-6-14(18-2)7-5-13/h4-7,17H,3,8-12H2,1-2H3. The highest BCUT2D eigenvalue weighted by Gasteiger charge is 2.37. The van der Waals surface area contributed by atoms with Gasteiger partial charge in [0.2, 0.25) is 0 Å². The molecule has 1 N–H and O–H groups in total. The van der Waals surface area contributed by atoms with Crippen LogP contribution in [0.2, 0.25) is 0 Å². The van der Waals surface area contributed by atoms with E-state index in [1.807, 2.05) is 12.1 Å². The number of rotatable bonds is 6. The highest BCUT2D eigenvalue weighted by molar-refractivity contribution is 5.27. The van der Waals surface area contributed by atoms with Crippen LogP contribution in [0, 0.1) is 5.41 Å². The molecule has 3 nitrogen and oxygen atoms in total. The molecule has 0 bridgehead atoms. The smallest absolute Gasteiger partial charge is 0.118 e. The molecule has 0 spiro atoms. The molecule has 1 aromatic rings. The number of benzene rings is 1. The van der Waals surface area contributed by atoms with Crippen LogP contribution < -0.4 is 4.74 Å². The van der Waals surface area contributed by atoms with Crippen LogP contribution in [0.1, 0.15) is 24.8 Å². The Balaban J connectivity index is 1.88. The molecule has 0 heterocycles. The normalized spacial score (nSPS) is 17.6. The molecule has 0 amide bonds. The fraction of sp³-hybridized carbons (Fsp3) is 0.600. The first-order valence-electron chi connectivity index (χ1n) is 6.60. The lowest BCUT2D eigenvalue weighted by Crippen LogP contribution is -2.43. The maximum absolute atomic E-state index is 9.48. The Bertz CT molecular complexity index is 365. The van der Waals surface area contributed by atoms with Crippen molar-refractivity contribution in [1.82, 2.24) is 4.90 Å². The number of aliphatic hydroxyl groups excluding tert-OH is 1. The maximum Gasteiger partial charge on any atom is 0.118 e. The summed E-state index contributed by atoms with van der Waals surface area (Å²) in [4.78, 5) is 2.30. The summed E-state index contributed by atoms with van der Waals surface area (Å²) in [6, 6.07) is 8.19. The first-order valence-corrected chi connectivity index (χ1v) is 6.60. The number of hydrogen-bond donors (Lipinski definition) is 1. The summed E-state index contributed by atoms with van der Waals surface area (Å²) >= 11 is 0. The van der Waals surface area contributed by atoms with Crippen molar-refractivity contribution in [2.24, 2.45) is 5.41 Å². The van der Waals surface area contributed by atoms with E-state index in [1.165, 1.54) is 12.0 Å². The third-order valence-corrected chi connectivity index (χ3v) is 3.97. The maximum atomic E-state index is 9.48. The topological polar surface area (TPSA) is 32.7 Å². The number of methoxy groups -OCH3 is 1. The third kappa shape index (κ3) is 3.03. The second-order valence-electron chi connectivity index (χ2n) is 5.53. The Morgan fingerprint density at radius 1 is 1.28 bits per heavy atom. The number of ether oxygens (including phenoxy) is 1. The van der Waals surface area contributed by atoms with E-state index in [1.54, 1.807) is 7.11 Å². The van der Waals surface area contributed by atoms with Crippen molar-refractivity contribution in [3.8, 4) is 5.75 Å². The molecule has 1 saturated carbocycles. The van der Waals surface area contributed by atoms with Crippen LogP contribution in [0.25, 0.3) is 0 Å². The van der Waals surface area contributed by atoms with Crippen molar-refractivity contribution >= 4 is 0 Å². The van der Waals surface area contributed by atoms with Crippen LogP contribution >= 0.6 is 0 Å². The third-order valence-electron chi connectivity index (χ3n) is 3.97. The summed E-state index contributed by atoms with van der Waals surface area (Å²) in [7, 11) is 3.81. The Hall–Kier alpha value is -1.06. The van der Waals surface area contributed by atoms with Crippen molar-refractivity contribution in [2.45, 2.75) is 25.8 Å². The largest absolute Gasteiger partial charge is 0.497 e. The van der Waals surface area contributed by atoms with Crippen molar-refractivity contribution in [3.63, 3.8) is 0 Å². The highest BCUT2D eigenvalue weighted by Crippen LogP contribution is 2.40. The zero-order valence-corrected chi connectivity index (χ0v) is 11.4. The lowest BCUT2D eigenvalue weighted by atomic mass is 9.69. The zero-order valence-electron chi connectivity index (χ0n) is 11.4. The lowest BCUT2D eigenvalue weighted by molar-refractivity contribution is 0.0127. The molecule has 2 rings (SSSR count). The molecule has 0 radical (unpaired) electrons. The van der Waals surface area contributed by atoms with Gasteiger partial charge < -0.3 is 14.7 Å². The van der Waals surface area contributed by atoms with Gasteiger partial charge >= 0.3 is 0 Å². The van der Waals surface area contributed by atoms with E-state index < -0.39 is 0 Å². The predicted octanol–water partition coefficient (Wildman–Crippen LogP) is 2.29. The Kier molecular flexibility index (Phi) is 4.25. The second kappa shape index (κ2) is 5.72. The molecule has 0 aliphatic heterocycles. The summed E-state index contributed by atoms with van der Waals surface area (Å²) in [6.07, 6.45) is 3.59. The number of nitrogens with zero attached hydrogens (tertiary/aromatic N) is 1. The van der Waals surface area contributed by atoms with E-state index in [-0.39, 0.29) is 5.41 Å². The van der Waals surface area contributed by atoms with Gasteiger partial charge in [0.05, 0.1) is 7.11 Å². The van der Waals surface area contributed by atoms with Crippen molar-refractivity contribution in [3.05, 3.63) is 29.8 Å². The molecule has 0 atom stereocenters. The molecular formula is C15H23NO2. The summed E-state index contributed by atoms with van der Waals surface area (Å²) in [6.45, 7) is 2.22. The van der Waals surface area contributed by atoms with Gasteiger partial charge in [-0.3, -0.25) is 0 Å². The molecule has 100 valence electrons. The Morgan fingerprint density at radius 2 is 1.94 bits per heavy atom. The van der Waals surface area contributed by atoms with E-state index >= 15 is 0 Å².